The molecule has 0 aromatic carbocycles. The fraction of sp³-hybridized carbons (Fsp3) is 0.867. The fourth-order valence-electron chi connectivity index (χ4n) is 3.27. The van der Waals surface area contributed by atoms with E-state index in [-0.39, 0.29) is 18.7 Å². The van der Waals surface area contributed by atoms with E-state index in [2.05, 4.69) is 0 Å². The molecule has 2 N–H and O–H groups in total. The second-order valence-corrected chi connectivity index (χ2v) is 6.21. The largest absolute Gasteiger partial charge is 0.481 e. The summed E-state index contributed by atoms with van der Waals surface area (Å²) in [6, 6.07) is 0.214. The number of urea groups is 1. The van der Waals surface area contributed by atoms with Gasteiger partial charge in [0.2, 0.25) is 0 Å². The van der Waals surface area contributed by atoms with Crippen LogP contribution in [-0.4, -0.2) is 64.3 Å². The van der Waals surface area contributed by atoms with Crippen LogP contribution in [0.25, 0.3) is 0 Å². The Morgan fingerprint density at radius 3 is 2.29 bits per heavy atom. The molecular formula is C15H26N2O4. The van der Waals surface area contributed by atoms with Crippen LogP contribution in [0.2, 0.25) is 0 Å². The highest BCUT2D eigenvalue weighted by Crippen LogP contribution is 2.36. The minimum Gasteiger partial charge on any atom is -0.481 e. The van der Waals surface area contributed by atoms with Crippen molar-refractivity contribution in [3.05, 3.63) is 0 Å². The summed E-state index contributed by atoms with van der Waals surface area (Å²) in [5.41, 5.74) is -0.672. The Balaban J connectivity index is 1.96. The van der Waals surface area contributed by atoms with Crippen LogP contribution < -0.4 is 0 Å². The number of aliphatic hydroxyl groups excluding tert-OH is 1. The highest BCUT2D eigenvalue weighted by molar-refractivity contribution is 5.77. The first-order valence-electron chi connectivity index (χ1n) is 7.94. The lowest BCUT2D eigenvalue weighted by atomic mass is 9.76. The number of likely N-dealkylation sites (tertiary alicyclic amines) is 1. The first kappa shape index (κ1) is 16.1. The Morgan fingerprint density at radius 2 is 1.90 bits per heavy atom. The molecule has 0 spiro atoms. The van der Waals surface area contributed by atoms with Gasteiger partial charge in [-0.2, -0.15) is 0 Å². The first-order chi connectivity index (χ1) is 10.0. The van der Waals surface area contributed by atoms with E-state index in [9.17, 15) is 14.7 Å². The second kappa shape index (κ2) is 6.64. The van der Waals surface area contributed by atoms with Crippen LogP contribution in [0.1, 0.15) is 45.4 Å². The summed E-state index contributed by atoms with van der Waals surface area (Å²) in [7, 11) is 0. The van der Waals surface area contributed by atoms with Gasteiger partial charge in [-0.25, -0.2) is 4.79 Å². The van der Waals surface area contributed by atoms with Gasteiger partial charge in [-0.3, -0.25) is 4.79 Å². The van der Waals surface area contributed by atoms with Crippen LogP contribution >= 0.6 is 0 Å². The molecule has 2 fully saturated rings. The van der Waals surface area contributed by atoms with E-state index < -0.39 is 11.4 Å². The van der Waals surface area contributed by atoms with Crippen LogP contribution in [0.15, 0.2) is 0 Å². The fourth-order valence-corrected chi connectivity index (χ4v) is 3.27. The molecule has 0 aromatic rings. The maximum Gasteiger partial charge on any atom is 0.320 e. The Morgan fingerprint density at radius 1 is 1.29 bits per heavy atom. The van der Waals surface area contributed by atoms with Crippen LogP contribution in [0, 0.1) is 5.41 Å². The standard InChI is InChI=1S/C15H26N2O4/c1-2-15(13(19)20)6-8-16(9-7-15)14(21)17(10-11-18)12-4-3-5-12/h12,18H,2-11H2,1H3,(H,19,20). The Hall–Kier alpha value is -1.30. The molecule has 1 aliphatic carbocycles. The second-order valence-electron chi connectivity index (χ2n) is 6.21. The molecule has 0 bridgehead atoms. The normalized spacial score (nSPS) is 21.7. The Kier molecular flexibility index (Phi) is 5.08. The topological polar surface area (TPSA) is 81.1 Å². The number of piperidine rings is 1. The number of amides is 2. The summed E-state index contributed by atoms with van der Waals surface area (Å²) in [4.78, 5) is 27.5. The molecule has 21 heavy (non-hydrogen) atoms. The van der Waals surface area contributed by atoms with E-state index in [1.54, 1.807) is 9.80 Å². The minimum atomic E-state index is -0.747. The van der Waals surface area contributed by atoms with Crippen LogP contribution in [0.3, 0.4) is 0 Å². The molecule has 2 rings (SSSR count). The van der Waals surface area contributed by atoms with Crippen molar-refractivity contribution in [2.75, 3.05) is 26.2 Å². The highest BCUT2D eigenvalue weighted by atomic mass is 16.4. The number of aliphatic hydroxyl groups is 1. The van der Waals surface area contributed by atoms with Crippen molar-refractivity contribution in [2.24, 2.45) is 5.41 Å². The van der Waals surface area contributed by atoms with Gasteiger partial charge in [0.1, 0.15) is 0 Å². The van der Waals surface area contributed by atoms with Crippen molar-refractivity contribution in [3.63, 3.8) is 0 Å². The van der Waals surface area contributed by atoms with E-state index in [0.29, 0.717) is 38.9 Å². The van der Waals surface area contributed by atoms with Crippen molar-refractivity contribution in [3.8, 4) is 0 Å². The average Bonchev–Trinajstić information content (AvgIpc) is 2.44. The molecule has 1 aliphatic heterocycles. The van der Waals surface area contributed by atoms with E-state index >= 15 is 0 Å². The number of carboxylic acids is 1. The van der Waals surface area contributed by atoms with Gasteiger partial charge in [-0.1, -0.05) is 6.92 Å². The molecule has 0 atom stereocenters. The molecule has 0 radical (unpaired) electrons. The lowest BCUT2D eigenvalue weighted by Crippen LogP contribution is -2.55. The predicted molar refractivity (Wildman–Crippen MR) is 78.0 cm³/mol. The maximum absolute atomic E-state index is 12.6. The lowest BCUT2D eigenvalue weighted by Gasteiger charge is -2.43. The summed E-state index contributed by atoms with van der Waals surface area (Å²) in [6.45, 7) is 3.24. The quantitative estimate of drug-likeness (QED) is 0.806. The van der Waals surface area contributed by atoms with E-state index in [4.69, 9.17) is 5.11 Å². The number of rotatable bonds is 5. The molecular weight excluding hydrogens is 272 g/mol. The zero-order valence-corrected chi connectivity index (χ0v) is 12.8. The van der Waals surface area contributed by atoms with Gasteiger partial charge in [-0.15, -0.1) is 0 Å². The van der Waals surface area contributed by atoms with Crippen LogP contribution in [0.4, 0.5) is 4.79 Å². The Labute approximate surface area is 125 Å². The zero-order valence-electron chi connectivity index (χ0n) is 12.8. The number of carbonyl (C=O) groups is 2. The number of hydrogen-bond acceptors (Lipinski definition) is 3. The predicted octanol–water partition coefficient (Wildman–Crippen LogP) is 1.53. The average molecular weight is 298 g/mol. The lowest BCUT2D eigenvalue weighted by molar-refractivity contribution is -0.152. The summed E-state index contributed by atoms with van der Waals surface area (Å²) < 4.78 is 0. The van der Waals surface area contributed by atoms with Gasteiger partial charge in [0.25, 0.3) is 0 Å². The smallest absolute Gasteiger partial charge is 0.320 e. The van der Waals surface area contributed by atoms with Crippen LogP contribution in [0.5, 0.6) is 0 Å². The molecule has 1 saturated heterocycles. The third-order valence-electron chi connectivity index (χ3n) is 5.22. The van der Waals surface area contributed by atoms with Crippen molar-refractivity contribution in [1.82, 2.24) is 9.80 Å². The Bertz CT molecular complexity index is 387. The number of carboxylic acid groups (broad SMARTS) is 1. The minimum absolute atomic E-state index is 0.0237. The number of carbonyl (C=O) groups excluding carboxylic acids is 1. The van der Waals surface area contributed by atoms with E-state index in [1.807, 2.05) is 6.92 Å². The van der Waals surface area contributed by atoms with Gasteiger partial charge in [0.15, 0.2) is 0 Å². The van der Waals surface area contributed by atoms with E-state index in [0.717, 1.165) is 19.3 Å². The van der Waals surface area contributed by atoms with Crippen LogP contribution in [-0.2, 0) is 4.79 Å². The molecule has 120 valence electrons. The van der Waals surface area contributed by atoms with Gasteiger partial charge < -0.3 is 20.0 Å². The van der Waals surface area contributed by atoms with Crippen molar-refractivity contribution in [1.29, 1.82) is 0 Å². The van der Waals surface area contributed by atoms with Gasteiger partial charge >= 0.3 is 12.0 Å². The van der Waals surface area contributed by atoms with Gasteiger partial charge in [0, 0.05) is 25.7 Å². The third kappa shape index (κ3) is 3.15. The van der Waals surface area contributed by atoms with Gasteiger partial charge in [0.05, 0.1) is 12.0 Å². The maximum atomic E-state index is 12.6. The number of aliphatic carboxylic acids is 1. The molecule has 0 unspecified atom stereocenters. The first-order valence-corrected chi connectivity index (χ1v) is 7.94. The molecule has 1 heterocycles. The highest BCUT2D eigenvalue weighted by Gasteiger charge is 2.42. The van der Waals surface area contributed by atoms with Crippen molar-refractivity contribution in [2.45, 2.75) is 51.5 Å². The van der Waals surface area contributed by atoms with Crippen molar-refractivity contribution >= 4 is 12.0 Å². The van der Waals surface area contributed by atoms with E-state index in [1.165, 1.54) is 0 Å². The monoisotopic (exact) mass is 298 g/mol. The zero-order chi connectivity index (χ0) is 15.5. The molecule has 2 aliphatic rings. The summed E-state index contributed by atoms with van der Waals surface area (Å²) >= 11 is 0. The number of nitrogens with zero attached hydrogens (tertiary/aromatic N) is 2. The third-order valence-corrected chi connectivity index (χ3v) is 5.22. The molecule has 1 saturated carbocycles. The van der Waals surface area contributed by atoms with Crippen molar-refractivity contribution < 1.29 is 19.8 Å². The molecule has 6 heteroatoms. The van der Waals surface area contributed by atoms with Gasteiger partial charge in [-0.05, 0) is 38.5 Å². The number of hydrogen-bond donors (Lipinski definition) is 2. The summed E-state index contributed by atoms with van der Waals surface area (Å²) in [6.07, 6.45) is 4.79. The molecule has 0 aromatic heterocycles. The summed E-state index contributed by atoms with van der Waals surface area (Å²) in [5, 5.41) is 18.6. The molecule has 6 nitrogen and oxygen atoms in total. The SMILES string of the molecule is CCC1(C(=O)O)CCN(C(=O)N(CCO)C2CCC2)CC1. The molecule has 2 amide bonds. The summed E-state index contributed by atoms with van der Waals surface area (Å²) in [5.74, 6) is -0.747.